The van der Waals surface area contributed by atoms with Gasteiger partial charge in [-0.25, -0.2) is 24.0 Å². The first-order chi connectivity index (χ1) is 36.0. The molecule has 2 heterocycles. The fourth-order valence-electron chi connectivity index (χ4n) is 7.92. The fourth-order valence-corrected chi connectivity index (χ4v) is 7.92. The van der Waals surface area contributed by atoms with Gasteiger partial charge in [-0.1, -0.05) is 120 Å². The average molecular weight is 999 g/mol. The molecule has 0 N–H and O–H groups in total. The smallest absolute Gasteiger partial charge is 0.383 e. The second-order valence-electron chi connectivity index (χ2n) is 17.5. The second-order valence-corrected chi connectivity index (χ2v) is 17.5. The van der Waals surface area contributed by atoms with Gasteiger partial charge in [0, 0.05) is 6.07 Å². The number of carbonyl (C=O) groups is 4. The van der Waals surface area contributed by atoms with Crippen LogP contribution < -0.4 is 19.8 Å². The van der Waals surface area contributed by atoms with E-state index in [1.54, 1.807) is 97.1 Å². The Balaban J connectivity index is 1.19. The van der Waals surface area contributed by atoms with Gasteiger partial charge in [0.25, 0.3) is 0 Å². The number of allylic oxidation sites excluding steroid dienone is 3. The molecule has 8 rings (SSSR count). The highest BCUT2D eigenvalue weighted by Gasteiger charge is 2.54. The first-order valence-corrected chi connectivity index (χ1v) is 24.0. The van der Waals surface area contributed by atoms with Crippen molar-refractivity contribution in [2.24, 2.45) is 0 Å². The van der Waals surface area contributed by atoms with Gasteiger partial charge in [-0.05, 0) is 106 Å². The summed E-state index contributed by atoms with van der Waals surface area (Å²) in [7, 11) is 0. The molecule has 5 atom stereocenters. The quantitative estimate of drug-likeness (QED) is 0.0305. The van der Waals surface area contributed by atoms with Crippen LogP contribution >= 0.6 is 0 Å². The number of rotatable bonds is 20. The maximum atomic E-state index is 14.1. The van der Waals surface area contributed by atoms with Gasteiger partial charge in [0.15, 0.2) is 18.0 Å². The van der Waals surface area contributed by atoms with E-state index in [2.05, 4.69) is 6.08 Å². The summed E-state index contributed by atoms with van der Waals surface area (Å²) in [5, 5.41) is 0.358. The highest BCUT2D eigenvalue weighted by molar-refractivity contribution is 5.92. The molecule has 0 aliphatic carbocycles. The Kier molecular flexibility index (Phi) is 17.5. The van der Waals surface area contributed by atoms with Gasteiger partial charge < -0.3 is 42.3 Å². The zero-order chi connectivity index (χ0) is 51.8. The predicted molar refractivity (Wildman–Crippen MR) is 274 cm³/mol. The van der Waals surface area contributed by atoms with E-state index in [1.807, 2.05) is 57.2 Å². The summed E-state index contributed by atoms with van der Waals surface area (Å²) in [6.45, 7) is 5.68. The summed E-state index contributed by atoms with van der Waals surface area (Å²) in [6, 6.07) is 46.3. The summed E-state index contributed by atoms with van der Waals surface area (Å²) in [6.07, 6.45) is -2.34. The zero-order valence-corrected chi connectivity index (χ0v) is 41.0. The van der Waals surface area contributed by atoms with Gasteiger partial charge in [0.1, 0.15) is 37.3 Å². The van der Waals surface area contributed by atoms with Crippen molar-refractivity contribution in [3.05, 3.63) is 231 Å². The number of benzene rings is 6. The molecule has 0 bridgehead atoms. The van der Waals surface area contributed by atoms with Crippen LogP contribution in [0.2, 0.25) is 0 Å². The van der Waals surface area contributed by atoms with Crippen molar-refractivity contribution in [3.63, 3.8) is 0 Å². The molecule has 0 amide bonds. The highest BCUT2D eigenvalue weighted by Crippen LogP contribution is 2.38. The van der Waals surface area contributed by atoms with Crippen LogP contribution in [0.3, 0.4) is 0 Å². The minimum Gasteiger partial charge on any atom is -0.484 e. The number of fused-ring (bicyclic) bond motifs is 1. The number of carbonyl (C=O) groups excluding carboxylic acids is 4. The topological polar surface area (TPSA) is 172 Å². The molecule has 6 aromatic carbocycles. The van der Waals surface area contributed by atoms with Gasteiger partial charge in [-0.2, -0.15) is 0 Å². The molecular weight excluding hydrogens is 945 g/mol. The Hall–Kier alpha value is -8.75. The molecule has 1 saturated heterocycles. The summed E-state index contributed by atoms with van der Waals surface area (Å²) in [5.74, 6) is -3.31. The predicted octanol–water partition coefficient (Wildman–Crippen LogP) is 11.1. The van der Waals surface area contributed by atoms with Gasteiger partial charge in [-0.15, -0.1) is 0 Å². The monoisotopic (exact) mass is 998 g/mol. The first-order valence-electron chi connectivity index (χ1n) is 24.0. The van der Waals surface area contributed by atoms with Crippen LogP contribution in [0.25, 0.3) is 11.0 Å². The SMILES string of the molecule is CC(C)=CCC/C(C)=C/COc1c(OCc2ccccc2)c2ccc(O[C@@H]3O[C@H](COC(=O)c4ccccc4)[C@@H](OC(=O)c4ccccc4)[C@H](OC(=O)c4ccccc4)[C@H]3OC(=O)c3ccccc3)cc2oc1=O. The van der Waals surface area contributed by atoms with E-state index in [-0.39, 0.29) is 58.3 Å². The molecule has 14 nitrogen and oxygen atoms in total. The van der Waals surface area contributed by atoms with Crippen LogP contribution in [0.4, 0.5) is 0 Å². The zero-order valence-electron chi connectivity index (χ0n) is 41.0. The third kappa shape index (κ3) is 13.6. The van der Waals surface area contributed by atoms with Crippen LogP contribution in [0.1, 0.15) is 80.6 Å². The third-order valence-electron chi connectivity index (χ3n) is 11.8. The van der Waals surface area contributed by atoms with Crippen molar-refractivity contribution in [3.8, 4) is 17.2 Å². The van der Waals surface area contributed by atoms with E-state index in [0.717, 1.165) is 24.0 Å². The van der Waals surface area contributed by atoms with Crippen LogP contribution in [0, 0.1) is 0 Å². The summed E-state index contributed by atoms with van der Waals surface area (Å²) >= 11 is 0. The second kappa shape index (κ2) is 25.1. The van der Waals surface area contributed by atoms with Crippen LogP contribution in [0.5, 0.6) is 17.2 Å². The lowest BCUT2D eigenvalue weighted by Gasteiger charge is -2.44. The number of hydrogen-bond donors (Lipinski definition) is 0. The lowest BCUT2D eigenvalue weighted by Crippen LogP contribution is -2.63. The number of hydrogen-bond acceptors (Lipinski definition) is 14. The molecule has 14 heteroatoms. The molecule has 0 spiro atoms. The minimum atomic E-state index is -1.69. The molecule has 378 valence electrons. The van der Waals surface area contributed by atoms with Crippen molar-refractivity contribution in [1.29, 1.82) is 0 Å². The Morgan fingerprint density at radius 3 is 1.62 bits per heavy atom. The molecule has 0 unspecified atom stereocenters. The van der Waals surface area contributed by atoms with E-state index >= 15 is 0 Å². The van der Waals surface area contributed by atoms with E-state index in [0.29, 0.717) is 5.39 Å². The molecule has 0 saturated carbocycles. The maximum Gasteiger partial charge on any atom is 0.383 e. The molecule has 1 fully saturated rings. The molecule has 74 heavy (non-hydrogen) atoms. The highest BCUT2D eigenvalue weighted by atomic mass is 16.7. The fraction of sp³-hybridized carbons (Fsp3) is 0.217. The summed E-state index contributed by atoms with van der Waals surface area (Å²) in [4.78, 5) is 69.6. The van der Waals surface area contributed by atoms with Gasteiger partial charge >= 0.3 is 29.5 Å². The van der Waals surface area contributed by atoms with Gasteiger partial charge in [0.2, 0.25) is 18.1 Å². The largest absolute Gasteiger partial charge is 0.484 e. The van der Waals surface area contributed by atoms with Crippen LogP contribution in [0.15, 0.2) is 202 Å². The van der Waals surface area contributed by atoms with Crippen LogP contribution in [-0.2, 0) is 30.3 Å². The van der Waals surface area contributed by atoms with Crippen molar-refractivity contribution in [2.45, 2.75) is 70.9 Å². The maximum absolute atomic E-state index is 14.1. The van der Waals surface area contributed by atoms with Crippen LogP contribution in [-0.4, -0.2) is 67.8 Å². The molecule has 1 aliphatic heterocycles. The normalized spacial score (nSPS) is 17.3. The molecule has 0 radical (unpaired) electrons. The first kappa shape index (κ1) is 51.6. The third-order valence-corrected chi connectivity index (χ3v) is 11.8. The Morgan fingerprint density at radius 2 is 1.07 bits per heavy atom. The van der Waals surface area contributed by atoms with E-state index in [1.165, 1.54) is 48.0 Å². The molecular formula is C60H54O14. The van der Waals surface area contributed by atoms with E-state index in [9.17, 15) is 24.0 Å². The van der Waals surface area contributed by atoms with Gasteiger partial charge in [-0.3, -0.25) is 0 Å². The Bertz CT molecular complexity index is 3130. The van der Waals surface area contributed by atoms with Crippen molar-refractivity contribution in [1.82, 2.24) is 0 Å². The van der Waals surface area contributed by atoms with E-state index < -0.39 is 66.8 Å². The van der Waals surface area contributed by atoms with Crippen molar-refractivity contribution >= 4 is 34.8 Å². The average Bonchev–Trinajstić information content (AvgIpc) is 3.42. The lowest BCUT2D eigenvalue weighted by atomic mass is 9.97. The van der Waals surface area contributed by atoms with Crippen molar-refractivity contribution in [2.75, 3.05) is 13.2 Å². The Morgan fingerprint density at radius 1 is 0.554 bits per heavy atom. The molecule has 1 aromatic heterocycles. The summed E-state index contributed by atoms with van der Waals surface area (Å²) < 4.78 is 55.8. The minimum absolute atomic E-state index is 0.0249. The summed E-state index contributed by atoms with van der Waals surface area (Å²) in [5.41, 5.74) is 2.94. The van der Waals surface area contributed by atoms with Gasteiger partial charge in [0.05, 0.1) is 27.6 Å². The Labute approximate surface area is 427 Å². The van der Waals surface area contributed by atoms with E-state index in [4.69, 9.17) is 42.3 Å². The number of ether oxygens (including phenoxy) is 8. The molecule has 1 aliphatic rings. The number of esters is 4. The standard InChI is InChI=1S/C60H54O14/c1-39(2)20-19-21-40(3)34-35-66-53-50(67-37-41-22-9-4-10-23-41)47-33-32-46(36-48(47)70-59(53)65)69-60-54(74-58(64)45-30-17-8-18-31-45)52(73-57(63)44-28-15-7-16-29-44)51(72-56(62)43-26-13-6-14-27-43)49(71-60)38-68-55(61)42-24-11-5-12-25-42/h4-18,20,22-34,36,49,51-52,54,60H,19,21,35,37-38H2,1-3H3/b40-34+/t49-,51-,52+,54-,60-/m1/s1. The molecule has 7 aromatic rings. The lowest BCUT2D eigenvalue weighted by molar-refractivity contribution is -0.275. The van der Waals surface area contributed by atoms with Crippen molar-refractivity contribution < 1.29 is 61.5 Å².